The Bertz CT molecular complexity index is 978. The number of carbonyl (C=O) groups is 1. The number of rotatable bonds is 2. The number of ether oxygens (including phenoxy) is 1. The number of carbonyl (C=O) groups excluding carboxylic acids is 1. The maximum absolute atomic E-state index is 13.2. The number of thiophene rings is 1. The third-order valence-corrected chi connectivity index (χ3v) is 9.04. The zero-order chi connectivity index (χ0) is 18.5. The van der Waals surface area contributed by atoms with Crippen LogP contribution in [0.5, 0.6) is 0 Å². The monoisotopic (exact) mass is 410 g/mol. The first-order valence-electron chi connectivity index (χ1n) is 8.13. The van der Waals surface area contributed by atoms with Gasteiger partial charge in [-0.25, -0.2) is 8.42 Å². The van der Waals surface area contributed by atoms with Crippen molar-refractivity contribution in [3.63, 3.8) is 0 Å². The van der Waals surface area contributed by atoms with E-state index in [1.54, 1.807) is 24.1 Å². The van der Waals surface area contributed by atoms with E-state index in [0.29, 0.717) is 46.6 Å². The highest BCUT2D eigenvalue weighted by atomic mass is 32.2. The van der Waals surface area contributed by atoms with Gasteiger partial charge in [0, 0.05) is 31.3 Å². The van der Waals surface area contributed by atoms with Crippen LogP contribution in [0.2, 0.25) is 0 Å². The molecule has 2 aliphatic rings. The number of fused-ring (bicyclic) bond motifs is 3. The second-order valence-electron chi connectivity index (χ2n) is 6.02. The van der Waals surface area contributed by atoms with Crippen molar-refractivity contribution in [2.24, 2.45) is 0 Å². The van der Waals surface area contributed by atoms with Crippen LogP contribution in [0.1, 0.15) is 9.67 Å². The van der Waals surface area contributed by atoms with Crippen LogP contribution in [0, 0.1) is 0 Å². The molecular weight excluding hydrogens is 392 g/mol. The van der Waals surface area contributed by atoms with Crippen molar-refractivity contribution in [3.05, 3.63) is 29.1 Å². The van der Waals surface area contributed by atoms with E-state index in [4.69, 9.17) is 4.74 Å². The van der Waals surface area contributed by atoms with E-state index in [9.17, 15) is 13.2 Å². The molecule has 2 aromatic rings. The Kier molecular flexibility index (Phi) is 4.50. The Balaban J connectivity index is 1.97. The number of nitrogens with zero attached hydrogens (tertiary/aromatic N) is 2. The Morgan fingerprint density at radius 2 is 1.92 bits per heavy atom. The maximum atomic E-state index is 13.2. The van der Waals surface area contributed by atoms with Gasteiger partial charge < -0.3 is 9.64 Å². The molecular formula is C17H18N2O4S3. The van der Waals surface area contributed by atoms with Crippen LogP contribution in [-0.4, -0.2) is 58.8 Å². The van der Waals surface area contributed by atoms with Gasteiger partial charge in [0.05, 0.1) is 23.1 Å². The number of hydrogen-bond donors (Lipinski definition) is 0. The van der Waals surface area contributed by atoms with Gasteiger partial charge >= 0.3 is 0 Å². The molecule has 0 radical (unpaired) electrons. The zero-order valence-electron chi connectivity index (χ0n) is 14.4. The van der Waals surface area contributed by atoms with Crippen molar-refractivity contribution in [1.29, 1.82) is 0 Å². The Morgan fingerprint density at radius 3 is 2.62 bits per heavy atom. The van der Waals surface area contributed by atoms with Crippen molar-refractivity contribution in [2.45, 2.75) is 9.10 Å². The minimum Gasteiger partial charge on any atom is -0.378 e. The minimum atomic E-state index is -3.69. The average molecular weight is 411 g/mol. The van der Waals surface area contributed by atoms with E-state index in [-0.39, 0.29) is 10.8 Å². The van der Waals surface area contributed by atoms with Crippen molar-refractivity contribution in [3.8, 4) is 11.1 Å². The van der Waals surface area contributed by atoms with Gasteiger partial charge in [-0.15, -0.1) is 23.1 Å². The lowest BCUT2D eigenvalue weighted by molar-refractivity contribution is 0.0306. The molecule has 4 rings (SSSR count). The molecule has 0 saturated carbocycles. The van der Waals surface area contributed by atoms with E-state index in [0.717, 1.165) is 5.56 Å². The first-order chi connectivity index (χ1) is 12.5. The van der Waals surface area contributed by atoms with Gasteiger partial charge in [-0.05, 0) is 12.3 Å². The third-order valence-electron chi connectivity index (χ3n) is 4.64. The fraction of sp³-hybridized carbons (Fsp3) is 0.353. The molecule has 1 saturated heterocycles. The summed E-state index contributed by atoms with van der Waals surface area (Å²) in [7, 11) is -2.13. The van der Waals surface area contributed by atoms with Gasteiger partial charge in [-0.2, -0.15) is 0 Å². The number of hydrogen-bond acceptors (Lipinski definition) is 6. The lowest BCUT2D eigenvalue weighted by Gasteiger charge is -2.29. The number of morpholine rings is 1. The van der Waals surface area contributed by atoms with E-state index in [1.165, 1.54) is 27.4 Å². The predicted octanol–water partition coefficient (Wildman–Crippen LogP) is 2.75. The molecule has 9 heteroatoms. The van der Waals surface area contributed by atoms with Crippen molar-refractivity contribution < 1.29 is 17.9 Å². The second-order valence-corrected chi connectivity index (χ2v) is 10.0. The summed E-state index contributed by atoms with van der Waals surface area (Å²) < 4.78 is 33.6. The Morgan fingerprint density at radius 1 is 1.23 bits per heavy atom. The molecule has 1 fully saturated rings. The molecule has 3 heterocycles. The summed E-state index contributed by atoms with van der Waals surface area (Å²) in [6.07, 6.45) is 1.84. The molecule has 1 aromatic carbocycles. The van der Waals surface area contributed by atoms with Crippen LogP contribution >= 0.6 is 23.1 Å². The highest BCUT2D eigenvalue weighted by molar-refractivity contribution is 8.01. The average Bonchev–Trinajstić information content (AvgIpc) is 3.07. The summed E-state index contributed by atoms with van der Waals surface area (Å²) in [6, 6.07) is 7.33. The summed E-state index contributed by atoms with van der Waals surface area (Å²) in [5, 5.41) is 0. The zero-order valence-corrected chi connectivity index (χ0v) is 16.8. The minimum absolute atomic E-state index is 0.121. The lowest BCUT2D eigenvalue weighted by atomic mass is 10.0. The molecule has 6 nitrogen and oxygen atoms in total. The van der Waals surface area contributed by atoms with Gasteiger partial charge in [-0.1, -0.05) is 18.2 Å². The highest BCUT2D eigenvalue weighted by Gasteiger charge is 2.40. The lowest BCUT2D eigenvalue weighted by Crippen LogP contribution is -2.40. The van der Waals surface area contributed by atoms with Gasteiger partial charge in [0.15, 0.2) is 0 Å². The summed E-state index contributed by atoms with van der Waals surface area (Å²) in [5.41, 5.74) is 1.93. The standard InChI is InChI=1S/C17H18N2O4S3/c1-18-12-6-4-3-5-11(12)13-14(16(20)19-7-9-23-10-8-19)25-17(24-2)15(13)26(18,21)22/h3-6H,7-10H2,1-2H3. The molecule has 0 bridgehead atoms. The fourth-order valence-corrected chi connectivity index (χ4v) is 7.52. The van der Waals surface area contributed by atoms with E-state index in [2.05, 4.69) is 0 Å². The quantitative estimate of drug-likeness (QED) is 0.712. The molecule has 0 unspecified atom stereocenters. The summed E-state index contributed by atoms with van der Waals surface area (Å²) >= 11 is 2.63. The van der Waals surface area contributed by atoms with E-state index >= 15 is 0 Å². The number of sulfonamides is 1. The second kappa shape index (κ2) is 6.56. The van der Waals surface area contributed by atoms with E-state index < -0.39 is 10.0 Å². The number of para-hydroxylation sites is 1. The first kappa shape index (κ1) is 17.8. The van der Waals surface area contributed by atoms with Crippen LogP contribution in [0.4, 0.5) is 5.69 Å². The summed E-state index contributed by atoms with van der Waals surface area (Å²) in [5.74, 6) is -0.121. The van der Waals surface area contributed by atoms with Crippen molar-refractivity contribution >= 4 is 44.7 Å². The largest absolute Gasteiger partial charge is 0.378 e. The van der Waals surface area contributed by atoms with Gasteiger partial charge in [0.2, 0.25) is 0 Å². The topological polar surface area (TPSA) is 66.9 Å². The van der Waals surface area contributed by atoms with Crippen molar-refractivity contribution in [2.75, 3.05) is 43.9 Å². The molecule has 26 heavy (non-hydrogen) atoms. The SMILES string of the molecule is CSc1sc(C(=O)N2CCOCC2)c2c1S(=O)(=O)N(C)c1ccccc1-2. The molecule has 138 valence electrons. The van der Waals surface area contributed by atoms with Crippen molar-refractivity contribution in [1.82, 2.24) is 4.90 Å². The third kappa shape index (κ3) is 2.57. The number of amides is 1. The van der Waals surface area contributed by atoms with Crippen LogP contribution < -0.4 is 4.31 Å². The Hall–Kier alpha value is -1.55. The molecule has 0 N–H and O–H groups in total. The first-order valence-corrected chi connectivity index (χ1v) is 11.6. The van der Waals surface area contributed by atoms with Crippen LogP contribution in [0.3, 0.4) is 0 Å². The number of thioether (sulfide) groups is 1. The smallest absolute Gasteiger partial charge is 0.266 e. The molecule has 0 atom stereocenters. The predicted molar refractivity (Wildman–Crippen MR) is 104 cm³/mol. The molecule has 2 aliphatic heterocycles. The van der Waals surface area contributed by atoms with Gasteiger partial charge in [-0.3, -0.25) is 9.10 Å². The maximum Gasteiger partial charge on any atom is 0.266 e. The van der Waals surface area contributed by atoms with Gasteiger partial charge in [0.25, 0.3) is 15.9 Å². The molecule has 1 amide bonds. The summed E-state index contributed by atoms with van der Waals surface area (Å²) in [4.78, 5) is 15.7. The van der Waals surface area contributed by atoms with Crippen LogP contribution in [0.25, 0.3) is 11.1 Å². The van der Waals surface area contributed by atoms with E-state index in [1.807, 2.05) is 18.4 Å². The number of anilines is 1. The highest BCUT2D eigenvalue weighted by Crippen LogP contribution is 2.51. The molecule has 1 aromatic heterocycles. The molecule has 0 spiro atoms. The van der Waals surface area contributed by atoms with Crippen LogP contribution in [-0.2, 0) is 14.8 Å². The summed E-state index contributed by atoms with van der Waals surface area (Å²) in [6.45, 7) is 2.06. The Labute approximate surface area is 160 Å². The number of benzene rings is 1. The normalized spacial score (nSPS) is 18.4. The van der Waals surface area contributed by atoms with Crippen LogP contribution in [0.15, 0.2) is 33.4 Å². The molecule has 0 aliphatic carbocycles. The van der Waals surface area contributed by atoms with Gasteiger partial charge in [0.1, 0.15) is 9.77 Å². The fourth-order valence-electron chi connectivity index (χ4n) is 3.30.